The minimum Gasteiger partial charge on any atom is -0.308 e. The van der Waals surface area contributed by atoms with Crippen LogP contribution in [0.15, 0.2) is 91.0 Å². The third-order valence-electron chi connectivity index (χ3n) is 7.02. The lowest BCUT2D eigenvalue weighted by atomic mass is 9.96. The van der Waals surface area contributed by atoms with Crippen molar-refractivity contribution < 1.29 is 5.94 Å². The number of hydrogen-bond donors (Lipinski definition) is 0. The van der Waals surface area contributed by atoms with Crippen LogP contribution < -0.4 is 4.57 Å². The standard InChI is InChI=1S/C31H27N2/c1-20-17-21(2)22(3)26(18-20)30-19-31(25-13-7-8-14-27(25)32(30)4)33-28-15-9-5-11-23(28)24-12-6-10-16-29(24)33/h5-19H,1-4H3/q+1/i5D. The Balaban J connectivity index is 1.80. The van der Waals surface area contributed by atoms with Crippen LogP contribution in [0, 0.1) is 20.8 Å². The topological polar surface area (TPSA) is 8.81 Å². The van der Waals surface area contributed by atoms with Crippen molar-refractivity contribution in [3.8, 4) is 16.9 Å². The molecule has 0 radical (unpaired) electrons. The molecule has 0 fully saturated rings. The van der Waals surface area contributed by atoms with Gasteiger partial charge in [0, 0.05) is 28.5 Å². The molecule has 33 heavy (non-hydrogen) atoms. The second kappa shape index (κ2) is 7.31. The van der Waals surface area contributed by atoms with E-state index in [-0.39, 0.29) is 0 Å². The molecule has 4 aromatic carbocycles. The van der Waals surface area contributed by atoms with E-state index in [0.29, 0.717) is 6.04 Å². The maximum Gasteiger partial charge on any atom is 0.215 e. The fourth-order valence-electron chi connectivity index (χ4n) is 5.28. The number of nitrogens with zero attached hydrogens (tertiary/aromatic N) is 2. The SMILES string of the molecule is [2H]c1ccc2c(c1)c1ccccc1n2-c1cc(-c2cc(C)cc(C)c2C)[n+](C)c2ccccc12. The smallest absolute Gasteiger partial charge is 0.215 e. The molecule has 0 atom stereocenters. The Hall–Kier alpha value is -3.91. The number of rotatable bonds is 2. The molecule has 0 amide bonds. The highest BCUT2D eigenvalue weighted by Crippen LogP contribution is 2.36. The molecule has 6 rings (SSSR count). The number of para-hydroxylation sites is 3. The van der Waals surface area contributed by atoms with E-state index >= 15 is 0 Å². The lowest BCUT2D eigenvalue weighted by molar-refractivity contribution is -0.633. The highest BCUT2D eigenvalue weighted by Gasteiger charge is 2.23. The predicted octanol–water partition coefficient (Wildman–Crippen LogP) is 7.35. The van der Waals surface area contributed by atoms with Crippen LogP contribution in [0.3, 0.4) is 0 Å². The number of benzene rings is 4. The summed E-state index contributed by atoms with van der Waals surface area (Å²) in [6, 6.07) is 30.5. The maximum atomic E-state index is 8.22. The normalized spacial score (nSPS) is 12.1. The highest BCUT2D eigenvalue weighted by molar-refractivity contribution is 6.10. The summed E-state index contributed by atoms with van der Waals surface area (Å²) in [6.07, 6.45) is 0. The first-order chi connectivity index (χ1) is 16.4. The lowest BCUT2D eigenvalue weighted by Gasteiger charge is -2.15. The molecule has 0 bridgehead atoms. The Morgan fingerprint density at radius 2 is 1.39 bits per heavy atom. The second-order valence-corrected chi connectivity index (χ2v) is 9.04. The third kappa shape index (κ3) is 2.91. The van der Waals surface area contributed by atoms with Crippen molar-refractivity contribution in [1.82, 2.24) is 4.57 Å². The Labute approximate surface area is 195 Å². The minimum atomic E-state index is 0.534. The number of aryl methyl sites for hydroxylation is 3. The van der Waals surface area contributed by atoms with Crippen molar-refractivity contribution in [1.29, 1.82) is 0 Å². The molecule has 2 nitrogen and oxygen atoms in total. The van der Waals surface area contributed by atoms with E-state index in [4.69, 9.17) is 1.37 Å². The average molecular weight is 429 g/mol. The quantitative estimate of drug-likeness (QED) is 0.255. The highest BCUT2D eigenvalue weighted by atomic mass is 15.0. The van der Waals surface area contributed by atoms with Crippen molar-refractivity contribution >= 4 is 32.7 Å². The van der Waals surface area contributed by atoms with Gasteiger partial charge in [-0.05, 0) is 56.2 Å². The van der Waals surface area contributed by atoms with E-state index in [2.05, 4.69) is 110 Å². The van der Waals surface area contributed by atoms with Gasteiger partial charge < -0.3 is 4.57 Å². The zero-order chi connectivity index (χ0) is 23.6. The van der Waals surface area contributed by atoms with Crippen LogP contribution in [0.2, 0.25) is 0 Å². The number of hydrogen-bond acceptors (Lipinski definition) is 0. The van der Waals surface area contributed by atoms with Gasteiger partial charge in [0.1, 0.15) is 7.05 Å². The van der Waals surface area contributed by atoms with Crippen molar-refractivity contribution in [3.63, 3.8) is 0 Å². The van der Waals surface area contributed by atoms with E-state index < -0.39 is 0 Å². The van der Waals surface area contributed by atoms with Gasteiger partial charge in [-0.3, -0.25) is 0 Å². The monoisotopic (exact) mass is 428 g/mol. The first-order valence-corrected chi connectivity index (χ1v) is 11.4. The Bertz CT molecular complexity index is 1760. The molecule has 2 heterocycles. The number of fused-ring (bicyclic) bond motifs is 4. The molecule has 0 aliphatic rings. The van der Waals surface area contributed by atoms with Gasteiger partial charge in [0.25, 0.3) is 0 Å². The molecule has 0 unspecified atom stereocenters. The molecule has 0 saturated carbocycles. The van der Waals surface area contributed by atoms with Crippen molar-refractivity contribution in [2.75, 3.05) is 0 Å². The first-order valence-electron chi connectivity index (χ1n) is 11.9. The van der Waals surface area contributed by atoms with Gasteiger partial charge in [0.2, 0.25) is 11.2 Å². The third-order valence-corrected chi connectivity index (χ3v) is 7.02. The molecule has 0 spiro atoms. The van der Waals surface area contributed by atoms with Crippen LogP contribution in [0.4, 0.5) is 0 Å². The van der Waals surface area contributed by atoms with Gasteiger partial charge in [0.15, 0.2) is 0 Å². The van der Waals surface area contributed by atoms with Gasteiger partial charge in [-0.1, -0.05) is 60.1 Å². The van der Waals surface area contributed by atoms with Crippen molar-refractivity contribution in [2.24, 2.45) is 7.05 Å². The van der Waals surface area contributed by atoms with Crippen LogP contribution in [0.5, 0.6) is 0 Å². The zero-order valence-electron chi connectivity index (χ0n) is 20.5. The summed E-state index contributed by atoms with van der Waals surface area (Å²) in [4.78, 5) is 0. The van der Waals surface area contributed by atoms with Crippen LogP contribution in [0.1, 0.15) is 18.1 Å². The summed E-state index contributed by atoms with van der Waals surface area (Å²) in [7, 11) is 2.16. The molecule has 0 N–H and O–H groups in total. The summed E-state index contributed by atoms with van der Waals surface area (Å²) in [5.74, 6) is 0. The Morgan fingerprint density at radius 3 is 2.21 bits per heavy atom. The molecule has 0 aliphatic carbocycles. The van der Waals surface area contributed by atoms with Crippen LogP contribution in [0.25, 0.3) is 49.7 Å². The second-order valence-electron chi connectivity index (χ2n) is 9.04. The Morgan fingerprint density at radius 1 is 0.727 bits per heavy atom. The van der Waals surface area contributed by atoms with E-state index in [1.165, 1.54) is 44.2 Å². The minimum absolute atomic E-state index is 0.534. The molecule has 6 aromatic rings. The van der Waals surface area contributed by atoms with E-state index in [1.54, 1.807) is 0 Å². The molecular formula is C31H27N2+. The van der Waals surface area contributed by atoms with Crippen LogP contribution in [-0.4, -0.2) is 4.57 Å². The predicted molar refractivity (Wildman–Crippen MR) is 139 cm³/mol. The number of pyridine rings is 1. The summed E-state index contributed by atoms with van der Waals surface area (Å²) in [6.45, 7) is 6.58. The van der Waals surface area contributed by atoms with Crippen LogP contribution >= 0.6 is 0 Å². The molecule has 2 heteroatoms. The van der Waals surface area contributed by atoms with Crippen molar-refractivity contribution in [3.05, 3.63) is 108 Å². The Kier molecular flexibility index (Phi) is 4.13. The van der Waals surface area contributed by atoms with Gasteiger partial charge >= 0.3 is 0 Å². The van der Waals surface area contributed by atoms with Crippen LogP contribution in [-0.2, 0) is 7.05 Å². The van der Waals surface area contributed by atoms with E-state index in [0.717, 1.165) is 22.1 Å². The van der Waals surface area contributed by atoms with E-state index in [1.807, 2.05) is 12.1 Å². The van der Waals surface area contributed by atoms with Gasteiger partial charge in [-0.2, -0.15) is 4.57 Å². The summed E-state index contributed by atoms with van der Waals surface area (Å²) < 4.78 is 12.9. The molecule has 0 saturated heterocycles. The summed E-state index contributed by atoms with van der Waals surface area (Å²) in [5, 5.41) is 3.49. The summed E-state index contributed by atoms with van der Waals surface area (Å²) in [5.41, 5.74) is 11.0. The molecule has 160 valence electrons. The van der Waals surface area contributed by atoms with E-state index in [9.17, 15) is 0 Å². The van der Waals surface area contributed by atoms with Gasteiger partial charge in [0.05, 0.1) is 23.5 Å². The fourth-order valence-corrected chi connectivity index (χ4v) is 5.28. The largest absolute Gasteiger partial charge is 0.308 e. The molecular weight excluding hydrogens is 400 g/mol. The summed E-state index contributed by atoms with van der Waals surface area (Å²) >= 11 is 0. The van der Waals surface area contributed by atoms with Crippen molar-refractivity contribution in [2.45, 2.75) is 20.8 Å². The molecule has 2 aromatic heterocycles. The zero-order valence-corrected chi connectivity index (χ0v) is 19.5. The average Bonchev–Trinajstić information content (AvgIpc) is 3.15. The molecule has 0 aliphatic heterocycles. The fraction of sp³-hybridized carbons (Fsp3) is 0.129. The number of aromatic nitrogens is 2. The van der Waals surface area contributed by atoms with Gasteiger partial charge in [-0.25, -0.2) is 0 Å². The maximum absolute atomic E-state index is 8.22. The van der Waals surface area contributed by atoms with Gasteiger partial charge in [-0.15, -0.1) is 0 Å². The lowest BCUT2D eigenvalue weighted by Crippen LogP contribution is -2.33. The first kappa shape index (κ1) is 18.6.